The maximum atomic E-state index is 10.8. The van der Waals surface area contributed by atoms with Crippen LogP contribution in [-0.4, -0.2) is 25.9 Å². The molecule has 0 amide bonds. The normalized spacial score (nSPS) is 11.7. The highest BCUT2D eigenvalue weighted by Crippen LogP contribution is 2.29. The molecule has 0 spiro atoms. The zero-order valence-electron chi connectivity index (χ0n) is 13.2. The Balaban J connectivity index is 0.000000260. The van der Waals surface area contributed by atoms with Gasteiger partial charge in [0.15, 0.2) is 0 Å². The predicted molar refractivity (Wildman–Crippen MR) is 113 cm³/mol. The van der Waals surface area contributed by atoms with E-state index in [2.05, 4.69) is 63.7 Å². The lowest BCUT2D eigenvalue weighted by Gasteiger charge is -2.04. The molecule has 2 N–H and O–H groups in total. The molecule has 0 aliphatic rings. The second kappa shape index (κ2) is 9.12. The molecule has 6 nitrogen and oxygen atoms in total. The summed E-state index contributed by atoms with van der Waals surface area (Å²) in [6.07, 6.45) is 0. The van der Waals surface area contributed by atoms with E-state index >= 15 is 0 Å². The summed E-state index contributed by atoms with van der Waals surface area (Å²) in [4.78, 5) is -0.252. The zero-order valence-corrected chi connectivity index (χ0v) is 21.1. The molecule has 0 aliphatic carbocycles. The highest BCUT2D eigenvalue weighted by Gasteiger charge is 2.16. The molecule has 2 aromatic carbocycles. The Morgan fingerprint density at radius 3 is 1.42 bits per heavy atom. The Morgan fingerprint density at radius 2 is 0.962 bits per heavy atom. The molecule has 0 fully saturated rings. The molecule has 0 heterocycles. The van der Waals surface area contributed by atoms with Gasteiger partial charge in [0, 0.05) is 17.9 Å². The molecular formula is C14H12Br4O6S2. The van der Waals surface area contributed by atoms with E-state index in [1.54, 1.807) is 19.1 Å². The second-order valence-electron chi connectivity index (χ2n) is 5.01. The fraction of sp³-hybridized carbons (Fsp3) is 0.143. The Labute approximate surface area is 185 Å². The van der Waals surface area contributed by atoms with Gasteiger partial charge in [0.05, 0.1) is 0 Å². The highest BCUT2D eigenvalue weighted by atomic mass is 79.9. The van der Waals surface area contributed by atoms with Crippen molar-refractivity contribution >= 4 is 84.0 Å². The van der Waals surface area contributed by atoms with Gasteiger partial charge in [0.2, 0.25) is 0 Å². The molecule has 2 rings (SSSR count). The van der Waals surface area contributed by atoms with Gasteiger partial charge in [-0.1, -0.05) is 31.9 Å². The van der Waals surface area contributed by atoms with Gasteiger partial charge in [-0.05, 0) is 81.1 Å². The SMILES string of the molecule is Cc1cc(Br)c(S(=O)(=O)O)cc1Br.Cc1cc(S(=O)(=O)O)c(Br)cc1Br. The Kier molecular flexibility index (Phi) is 8.49. The molecule has 0 atom stereocenters. The van der Waals surface area contributed by atoms with Gasteiger partial charge >= 0.3 is 0 Å². The average Bonchev–Trinajstić information content (AvgIpc) is 2.45. The van der Waals surface area contributed by atoms with Gasteiger partial charge in [-0.3, -0.25) is 9.11 Å². The summed E-state index contributed by atoms with van der Waals surface area (Å²) in [5.74, 6) is 0. The van der Waals surface area contributed by atoms with Crippen molar-refractivity contribution in [2.75, 3.05) is 0 Å². The Bertz CT molecular complexity index is 964. The first kappa shape index (κ1) is 24.2. The fourth-order valence-electron chi connectivity index (χ4n) is 1.65. The summed E-state index contributed by atoms with van der Waals surface area (Å²) >= 11 is 12.5. The molecule has 0 saturated heterocycles. The molecule has 0 radical (unpaired) electrons. The van der Waals surface area contributed by atoms with E-state index < -0.39 is 20.2 Å². The largest absolute Gasteiger partial charge is 0.295 e. The third-order valence-electron chi connectivity index (χ3n) is 2.98. The van der Waals surface area contributed by atoms with Crippen LogP contribution in [0.3, 0.4) is 0 Å². The third-order valence-corrected chi connectivity index (χ3v) is 8.32. The van der Waals surface area contributed by atoms with Crippen LogP contribution in [0.5, 0.6) is 0 Å². The smallest absolute Gasteiger partial charge is 0.282 e. The van der Waals surface area contributed by atoms with Crippen molar-refractivity contribution in [2.24, 2.45) is 0 Å². The minimum atomic E-state index is -4.15. The van der Waals surface area contributed by atoms with Crippen molar-refractivity contribution in [1.29, 1.82) is 0 Å². The molecule has 0 aromatic heterocycles. The van der Waals surface area contributed by atoms with Crippen LogP contribution < -0.4 is 0 Å². The molecule has 0 aliphatic heterocycles. The number of hydrogen-bond donors (Lipinski definition) is 2. The van der Waals surface area contributed by atoms with Gasteiger partial charge < -0.3 is 0 Å². The fourth-order valence-corrected chi connectivity index (χ4v) is 6.03. The predicted octanol–water partition coefficient (Wildman–Crippen LogP) is 5.53. The van der Waals surface area contributed by atoms with Crippen molar-refractivity contribution in [3.63, 3.8) is 0 Å². The standard InChI is InChI=1S/2C7H6Br2O3S/c1-4-2-7(13(10,11)12)6(9)3-5(4)8;1-4-2-6(9)7(3-5(4)8)13(10,11)12/h2*2-3H,1H3,(H,10,11,12). The van der Waals surface area contributed by atoms with E-state index in [9.17, 15) is 16.8 Å². The van der Waals surface area contributed by atoms with Crippen molar-refractivity contribution < 1.29 is 25.9 Å². The van der Waals surface area contributed by atoms with Gasteiger partial charge in [0.1, 0.15) is 9.79 Å². The first-order valence-corrected chi connectivity index (χ1v) is 12.6. The molecular weight excluding hydrogens is 648 g/mol. The van der Waals surface area contributed by atoms with Crippen LogP contribution in [0.15, 0.2) is 51.9 Å². The summed E-state index contributed by atoms with van der Waals surface area (Å²) in [6.45, 7) is 3.56. The van der Waals surface area contributed by atoms with E-state index in [1.165, 1.54) is 12.1 Å². The summed E-state index contributed by atoms with van der Waals surface area (Å²) < 4.78 is 63.0. The lowest BCUT2D eigenvalue weighted by atomic mass is 10.2. The second-order valence-corrected chi connectivity index (χ2v) is 11.2. The van der Waals surface area contributed by atoms with E-state index in [0.29, 0.717) is 13.4 Å². The average molecular weight is 660 g/mol. The monoisotopic (exact) mass is 656 g/mol. The number of halogens is 4. The first-order chi connectivity index (χ1) is 11.6. The maximum absolute atomic E-state index is 10.8. The topological polar surface area (TPSA) is 109 Å². The summed E-state index contributed by atoms with van der Waals surface area (Å²) in [6, 6.07) is 5.95. The number of hydrogen-bond acceptors (Lipinski definition) is 4. The number of benzene rings is 2. The Hall–Kier alpha value is 0.180. The molecule has 12 heteroatoms. The van der Waals surface area contributed by atoms with Gasteiger partial charge in [-0.25, -0.2) is 0 Å². The quantitative estimate of drug-likeness (QED) is 0.411. The van der Waals surface area contributed by atoms with Crippen molar-refractivity contribution in [3.8, 4) is 0 Å². The van der Waals surface area contributed by atoms with E-state index in [0.717, 1.165) is 15.6 Å². The summed E-state index contributed by atoms with van der Waals surface area (Å²) in [5.41, 5.74) is 1.63. The minimum Gasteiger partial charge on any atom is -0.282 e. The third kappa shape index (κ3) is 6.66. The maximum Gasteiger partial charge on any atom is 0.295 e. The Morgan fingerprint density at radius 1 is 0.615 bits per heavy atom. The molecule has 26 heavy (non-hydrogen) atoms. The van der Waals surface area contributed by atoms with Crippen LogP contribution in [-0.2, 0) is 20.2 Å². The van der Waals surface area contributed by atoms with Crippen LogP contribution in [0.2, 0.25) is 0 Å². The van der Waals surface area contributed by atoms with Crippen LogP contribution >= 0.6 is 63.7 Å². The number of rotatable bonds is 2. The minimum absolute atomic E-state index is 0.117. The number of aryl methyl sites for hydroxylation is 2. The molecule has 0 bridgehead atoms. The van der Waals surface area contributed by atoms with Crippen LogP contribution in [0, 0.1) is 13.8 Å². The summed E-state index contributed by atoms with van der Waals surface area (Å²) in [5, 5.41) is 0. The van der Waals surface area contributed by atoms with Crippen molar-refractivity contribution in [1.82, 2.24) is 0 Å². The van der Waals surface area contributed by atoms with Crippen LogP contribution in [0.25, 0.3) is 0 Å². The van der Waals surface area contributed by atoms with Crippen LogP contribution in [0.4, 0.5) is 0 Å². The summed E-state index contributed by atoms with van der Waals surface area (Å²) in [7, 11) is -8.29. The van der Waals surface area contributed by atoms with Gasteiger partial charge in [0.25, 0.3) is 20.2 Å². The van der Waals surface area contributed by atoms with Crippen molar-refractivity contribution in [3.05, 3.63) is 53.3 Å². The van der Waals surface area contributed by atoms with Crippen molar-refractivity contribution in [2.45, 2.75) is 23.6 Å². The first-order valence-electron chi connectivity index (χ1n) is 6.51. The molecule has 0 unspecified atom stereocenters. The zero-order chi connectivity index (χ0) is 20.4. The van der Waals surface area contributed by atoms with Crippen LogP contribution in [0.1, 0.15) is 11.1 Å². The molecule has 0 saturated carbocycles. The van der Waals surface area contributed by atoms with E-state index in [-0.39, 0.29) is 9.79 Å². The van der Waals surface area contributed by atoms with E-state index in [1.807, 2.05) is 6.92 Å². The van der Waals surface area contributed by atoms with Gasteiger partial charge in [-0.15, -0.1) is 0 Å². The molecule has 2 aromatic rings. The van der Waals surface area contributed by atoms with E-state index in [4.69, 9.17) is 9.11 Å². The highest BCUT2D eigenvalue weighted by molar-refractivity contribution is 9.11. The lowest BCUT2D eigenvalue weighted by molar-refractivity contribution is 0.480. The van der Waals surface area contributed by atoms with Gasteiger partial charge in [-0.2, -0.15) is 16.8 Å². The lowest BCUT2D eigenvalue weighted by Crippen LogP contribution is -1.99. The molecule has 144 valence electrons.